The third-order valence-corrected chi connectivity index (χ3v) is 3.49. The first-order valence-electron chi connectivity index (χ1n) is 7.00. The van der Waals surface area contributed by atoms with Crippen LogP contribution in [0.3, 0.4) is 0 Å². The molecule has 1 saturated heterocycles. The molecule has 6 heteroatoms. The average molecular weight is 288 g/mol. The Hall–Kier alpha value is -2.26. The number of nitriles is 1. The van der Waals surface area contributed by atoms with Crippen LogP contribution in [-0.4, -0.2) is 43.2 Å². The summed E-state index contributed by atoms with van der Waals surface area (Å²) in [6, 6.07) is 7.14. The van der Waals surface area contributed by atoms with E-state index in [1.807, 2.05) is 19.1 Å². The predicted octanol–water partition coefficient (Wildman–Crippen LogP) is 0.994. The third-order valence-electron chi connectivity index (χ3n) is 3.49. The molecule has 1 atom stereocenters. The van der Waals surface area contributed by atoms with E-state index in [1.165, 1.54) is 0 Å². The second-order valence-electron chi connectivity index (χ2n) is 5.05. The van der Waals surface area contributed by atoms with Crippen molar-refractivity contribution in [1.82, 2.24) is 4.90 Å². The number of ether oxygens (including phenoxy) is 1. The minimum absolute atomic E-state index is 0.0527. The zero-order valence-electron chi connectivity index (χ0n) is 12.1. The van der Waals surface area contributed by atoms with Crippen molar-refractivity contribution in [2.45, 2.75) is 19.4 Å². The molecular weight excluding hydrogens is 268 g/mol. The number of hydrogen-bond donors (Lipinski definition) is 2. The van der Waals surface area contributed by atoms with Gasteiger partial charge in [-0.1, -0.05) is 0 Å². The number of nitrogens with two attached hydrogens (primary N) is 1. The largest absolute Gasteiger partial charge is 0.398 e. The summed E-state index contributed by atoms with van der Waals surface area (Å²) < 4.78 is 5.24. The summed E-state index contributed by atoms with van der Waals surface area (Å²) in [4.78, 5) is 14.1. The van der Waals surface area contributed by atoms with Crippen LogP contribution < -0.4 is 11.1 Å². The molecule has 1 fully saturated rings. The number of nitrogens with zero attached hydrogens (tertiary/aromatic N) is 2. The highest BCUT2D eigenvalue weighted by molar-refractivity contribution is 5.84. The first-order chi connectivity index (χ1) is 10.1. The second kappa shape index (κ2) is 6.95. The number of carbonyl (C=O) groups excluding carboxylic acids is 1. The summed E-state index contributed by atoms with van der Waals surface area (Å²) >= 11 is 0. The average Bonchev–Trinajstić information content (AvgIpc) is 2.51. The number of nitrogen functional groups attached to an aromatic ring is 1. The Balaban J connectivity index is 2.01. The van der Waals surface area contributed by atoms with Crippen LogP contribution in [0.25, 0.3) is 0 Å². The smallest absolute Gasteiger partial charge is 0.244 e. The second-order valence-corrected chi connectivity index (χ2v) is 5.05. The van der Waals surface area contributed by atoms with E-state index in [1.54, 1.807) is 11.0 Å². The fraction of sp³-hybridized carbons (Fsp3) is 0.467. The van der Waals surface area contributed by atoms with E-state index in [0.717, 1.165) is 11.3 Å². The maximum absolute atomic E-state index is 12.3. The number of carbonyl (C=O) groups is 1. The molecule has 3 N–H and O–H groups in total. The fourth-order valence-corrected chi connectivity index (χ4v) is 2.30. The summed E-state index contributed by atoms with van der Waals surface area (Å²) in [5.41, 5.74) is 7.97. The first-order valence-corrected chi connectivity index (χ1v) is 7.00. The summed E-state index contributed by atoms with van der Waals surface area (Å²) in [5, 5.41) is 11.9. The van der Waals surface area contributed by atoms with Gasteiger partial charge in [0.05, 0.1) is 25.7 Å². The number of hydrogen-bond acceptors (Lipinski definition) is 5. The van der Waals surface area contributed by atoms with Crippen molar-refractivity contribution in [2.24, 2.45) is 0 Å². The number of morpholine rings is 1. The fourth-order valence-electron chi connectivity index (χ4n) is 2.30. The highest BCUT2D eigenvalue weighted by atomic mass is 16.5. The van der Waals surface area contributed by atoms with Gasteiger partial charge in [0, 0.05) is 24.5 Å². The van der Waals surface area contributed by atoms with E-state index >= 15 is 0 Å². The third kappa shape index (κ3) is 3.86. The highest BCUT2D eigenvalue weighted by Crippen LogP contribution is 2.19. The van der Waals surface area contributed by atoms with Crippen LogP contribution in [0, 0.1) is 11.3 Å². The minimum Gasteiger partial charge on any atom is -0.398 e. The van der Waals surface area contributed by atoms with Gasteiger partial charge >= 0.3 is 0 Å². The molecular formula is C15H20N4O2. The van der Waals surface area contributed by atoms with E-state index in [0.29, 0.717) is 32.0 Å². The van der Waals surface area contributed by atoms with Crippen LogP contribution >= 0.6 is 0 Å². The Labute approximate surface area is 124 Å². The molecule has 6 nitrogen and oxygen atoms in total. The first kappa shape index (κ1) is 15.1. The van der Waals surface area contributed by atoms with Crippen LogP contribution in [0.5, 0.6) is 0 Å². The van der Waals surface area contributed by atoms with Gasteiger partial charge in [-0.25, -0.2) is 0 Å². The van der Waals surface area contributed by atoms with Gasteiger partial charge in [0.25, 0.3) is 0 Å². The van der Waals surface area contributed by atoms with Gasteiger partial charge in [-0.3, -0.25) is 4.79 Å². The van der Waals surface area contributed by atoms with Crippen molar-refractivity contribution in [1.29, 1.82) is 5.26 Å². The number of amides is 1. The number of rotatable bonds is 4. The lowest BCUT2D eigenvalue weighted by molar-refractivity contribution is -0.135. The Bertz CT molecular complexity index is 547. The van der Waals surface area contributed by atoms with E-state index in [9.17, 15) is 4.79 Å². The lowest BCUT2D eigenvalue weighted by Gasteiger charge is -2.29. The molecule has 0 bridgehead atoms. The predicted molar refractivity (Wildman–Crippen MR) is 80.7 cm³/mol. The molecule has 0 aliphatic carbocycles. The van der Waals surface area contributed by atoms with Crippen molar-refractivity contribution in [3.63, 3.8) is 0 Å². The van der Waals surface area contributed by atoms with Gasteiger partial charge in [-0.05, 0) is 30.7 Å². The van der Waals surface area contributed by atoms with Crippen LogP contribution in [0.2, 0.25) is 0 Å². The number of benzene rings is 1. The Morgan fingerprint density at radius 1 is 1.52 bits per heavy atom. The molecule has 1 unspecified atom stereocenters. The van der Waals surface area contributed by atoms with Gasteiger partial charge in [0.2, 0.25) is 5.91 Å². The summed E-state index contributed by atoms with van der Waals surface area (Å²) in [6.07, 6.45) is 0.257. The van der Waals surface area contributed by atoms with Crippen LogP contribution in [0.4, 0.5) is 11.4 Å². The molecule has 0 spiro atoms. The molecule has 1 aliphatic heterocycles. The highest BCUT2D eigenvalue weighted by Gasteiger charge is 2.22. The van der Waals surface area contributed by atoms with Gasteiger partial charge in [-0.15, -0.1) is 0 Å². The number of nitrogens with one attached hydrogen (secondary N) is 1. The summed E-state index contributed by atoms with van der Waals surface area (Å²) in [6.45, 7) is 4.27. The molecule has 112 valence electrons. The van der Waals surface area contributed by atoms with E-state index in [2.05, 4.69) is 11.4 Å². The van der Waals surface area contributed by atoms with Crippen LogP contribution in [0.1, 0.15) is 12.5 Å². The summed E-state index contributed by atoms with van der Waals surface area (Å²) in [7, 11) is 0. The summed E-state index contributed by atoms with van der Waals surface area (Å²) in [5.74, 6) is 0.0527. The molecule has 1 amide bonds. The van der Waals surface area contributed by atoms with Crippen molar-refractivity contribution < 1.29 is 9.53 Å². The maximum Gasteiger partial charge on any atom is 0.244 e. The van der Waals surface area contributed by atoms with E-state index in [4.69, 9.17) is 15.7 Å². The van der Waals surface area contributed by atoms with Gasteiger partial charge in [0.15, 0.2) is 0 Å². The normalized spacial score (nSPS) is 16.1. The topological polar surface area (TPSA) is 91.4 Å². The molecule has 0 radical (unpaired) electrons. The van der Waals surface area contributed by atoms with E-state index < -0.39 is 0 Å². The molecule has 0 aromatic heterocycles. The molecule has 0 saturated carbocycles. The Kier molecular flexibility index (Phi) is 5.01. The molecule has 1 aromatic rings. The molecule has 1 aromatic carbocycles. The Morgan fingerprint density at radius 2 is 2.24 bits per heavy atom. The van der Waals surface area contributed by atoms with Crippen molar-refractivity contribution >= 4 is 17.3 Å². The standard InChI is InChI=1S/C15H20N4O2/c1-11(15(20)19-6-8-21-9-7-19)18-13-2-3-14(17)12(10-13)4-5-16/h2-3,10-11,18H,4,6-9,17H2,1H3. The monoisotopic (exact) mass is 288 g/mol. The molecule has 1 heterocycles. The van der Waals surface area contributed by atoms with Gasteiger partial charge in [0.1, 0.15) is 6.04 Å². The SMILES string of the molecule is CC(Nc1ccc(N)c(CC#N)c1)C(=O)N1CCOCC1. The van der Waals surface area contributed by atoms with Crippen LogP contribution in [-0.2, 0) is 16.0 Å². The maximum atomic E-state index is 12.3. The van der Waals surface area contributed by atoms with Crippen molar-refractivity contribution in [3.05, 3.63) is 23.8 Å². The van der Waals surface area contributed by atoms with Crippen LogP contribution in [0.15, 0.2) is 18.2 Å². The quantitative estimate of drug-likeness (QED) is 0.806. The Morgan fingerprint density at radius 3 is 2.90 bits per heavy atom. The lowest BCUT2D eigenvalue weighted by Crippen LogP contribution is -2.47. The van der Waals surface area contributed by atoms with Gasteiger partial charge in [-0.2, -0.15) is 5.26 Å². The molecule has 21 heavy (non-hydrogen) atoms. The molecule has 2 rings (SSSR count). The van der Waals surface area contributed by atoms with E-state index in [-0.39, 0.29) is 18.4 Å². The minimum atomic E-state index is -0.332. The lowest BCUT2D eigenvalue weighted by atomic mass is 10.1. The van der Waals surface area contributed by atoms with Gasteiger partial charge < -0.3 is 20.7 Å². The van der Waals surface area contributed by atoms with Crippen molar-refractivity contribution in [3.8, 4) is 6.07 Å². The zero-order valence-corrected chi connectivity index (χ0v) is 12.1. The zero-order chi connectivity index (χ0) is 15.2. The molecule has 1 aliphatic rings. The van der Waals surface area contributed by atoms with Crippen molar-refractivity contribution in [2.75, 3.05) is 37.4 Å². The number of anilines is 2.